The lowest BCUT2D eigenvalue weighted by atomic mass is 10.2. The highest BCUT2D eigenvalue weighted by Crippen LogP contribution is 2.29. The third-order valence-corrected chi connectivity index (χ3v) is 3.17. The summed E-state index contributed by atoms with van der Waals surface area (Å²) in [6.45, 7) is -0.130. The Hall–Kier alpha value is -0.910. The highest BCUT2D eigenvalue weighted by molar-refractivity contribution is 9.10. The van der Waals surface area contributed by atoms with Crippen molar-refractivity contribution in [3.05, 3.63) is 33.5 Å². The Labute approximate surface area is 106 Å². The molecule has 1 aromatic heterocycles. The largest absolute Gasteiger partial charge is 0.388 e. The molecule has 0 aliphatic rings. The van der Waals surface area contributed by atoms with Gasteiger partial charge in [-0.25, -0.2) is 0 Å². The van der Waals surface area contributed by atoms with Crippen molar-refractivity contribution in [2.75, 3.05) is 0 Å². The minimum absolute atomic E-state index is 0.130. The Morgan fingerprint density at radius 3 is 2.75 bits per heavy atom. The van der Waals surface area contributed by atoms with Crippen LogP contribution in [0.25, 0.3) is 11.4 Å². The predicted octanol–water partition coefficient (Wildman–Crippen LogP) is 2.39. The Balaban J connectivity index is 2.54. The number of aliphatic hydroxyl groups excluding tert-OH is 1. The first-order valence-electron chi connectivity index (χ1n) is 4.58. The van der Waals surface area contributed by atoms with Crippen LogP contribution < -0.4 is 0 Å². The van der Waals surface area contributed by atoms with E-state index in [2.05, 4.69) is 26.1 Å². The molecule has 0 radical (unpaired) electrons. The van der Waals surface area contributed by atoms with Crippen LogP contribution in [0.1, 0.15) is 5.82 Å². The van der Waals surface area contributed by atoms with Crippen LogP contribution in [0, 0.1) is 0 Å². The van der Waals surface area contributed by atoms with Gasteiger partial charge in [-0.1, -0.05) is 11.6 Å². The molecule has 16 heavy (non-hydrogen) atoms. The van der Waals surface area contributed by atoms with E-state index in [0.29, 0.717) is 16.7 Å². The summed E-state index contributed by atoms with van der Waals surface area (Å²) >= 11 is 9.28. The number of hydrogen-bond donors (Lipinski definition) is 1. The maximum atomic E-state index is 9.04. The normalized spacial score (nSPS) is 10.8. The third-order valence-electron chi connectivity index (χ3n) is 2.28. The first kappa shape index (κ1) is 11.6. The van der Waals surface area contributed by atoms with Crippen molar-refractivity contribution in [1.29, 1.82) is 0 Å². The number of hydrogen-bond acceptors (Lipinski definition) is 3. The van der Waals surface area contributed by atoms with Crippen LogP contribution in [0.15, 0.2) is 22.7 Å². The van der Waals surface area contributed by atoms with Crippen molar-refractivity contribution < 1.29 is 5.11 Å². The quantitative estimate of drug-likeness (QED) is 0.927. The molecule has 0 amide bonds. The highest BCUT2D eigenvalue weighted by Gasteiger charge is 2.12. The van der Waals surface area contributed by atoms with Crippen molar-refractivity contribution in [3.8, 4) is 11.4 Å². The van der Waals surface area contributed by atoms with Crippen molar-refractivity contribution in [2.24, 2.45) is 7.05 Å². The summed E-state index contributed by atoms with van der Waals surface area (Å²) in [7, 11) is 1.81. The molecular formula is C10H9BrClN3O. The van der Waals surface area contributed by atoms with Crippen LogP contribution in [0.4, 0.5) is 0 Å². The van der Waals surface area contributed by atoms with Gasteiger partial charge in [0.15, 0.2) is 11.6 Å². The summed E-state index contributed by atoms with van der Waals surface area (Å²) in [5.41, 5.74) is 0.888. The van der Waals surface area contributed by atoms with Gasteiger partial charge >= 0.3 is 0 Å². The standard InChI is InChI=1S/C10H9BrClN3O/c1-15-9(5-16)13-14-10(15)7-3-2-6(12)4-8(7)11/h2-4,16H,5H2,1H3. The number of nitrogens with zero attached hydrogens (tertiary/aromatic N) is 3. The van der Waals surface area contributed by atoms with Crippen LogP contribution in [-0.4, -0.2) is 19.9 Å². The second-order valence-electron chi connectivity index (χ2n) is 3.28. The summed E-state index contributed by atoms with van der Waals surface area (Å²) in [5.74, 6) is 1.21. The molecule has 0 saturated carbocycles. The fourth-order valence-corrected chi connectivity index (χ4v) is 2.26. The summed E-state index contributed by atoms with van der Waals surface area (Å²) in [6, 6.07) is 5.44. The molecule has 1 heterocycles. The molecular weight excluding hydrogens is 293 g/mol. The number of rotatable bonds is 2. The van der Waals surface area contributed by atoms with Gasteiger partial charge in [0.05, 0.1) is 0 Å². The zero-order valence-electron chi connectivity index (χ0n) is 8.48. The molecule has 0 aliphatic carbocycles. The molecule has 4 nitrogen and oxygen atoms in total. The van der Waals surface area contributed by atoms with E-state index in [0.717, 1.165) is 10.0 Å². The van der Waals surface area contributed by atoms with Gasteiger partial charge in [0.2, 0.25) is 0 Å². The Bertz CT molecular complexity index is 527. The van der Waals surface area contributed by atoms with E-state index in [1.165, 1.54) is 0 Å². The molecule has 0 bridgehead atoms. The number of aromatic nitrogens is 3. The van der Waals surface area contributed by atoms with Gasteiger partial charge in [0, 0.05) is 22.1 Å². The van der Waals surface area contributed by atoms with E-state index >= 15 is 0 Å². The number of benzene rings is 1. The maximum absolute atomic E-state index is 9.04. The van der Waals surface area contributed by atoms with Crippen LogP contribution in [0.3, 0.4) is 0 Å². The topological polar surface area (TPSA) is 50.9 Å². The fraction of sp³-hybridized carbons (Fsp3) is 0.200. The van der Waals surface area contributed by atoms with E-state index in [9.17, 15) is 0 Å². The van der Waals surface area contributed by atoms with Crippen molar-refractivity contribution in [3.63, 3.8) is 0 Å². The Morgan fingerprint density at radius 1 is 1.44 bits per heavy atom. The molecule has 0 unspecified atom stereocenters. The monoisotopic (exact) mass is 301 g/mol. The smallest absolute Gasteiger partial charge is 0.164 e. The van der Waals surface area contributed by atoms with E-state index in [1.807, 2.05) is 13.1 Å². The van der Waals surface area contributed by atoms with Crippen LogP contribution in [0.5, 0.6) is 0 Å². The lowest BCUT2D eigenvalue weighted by molar-refractivity contribution is 0.267. The van der Waals surface area contributed by atoms with E-state index in [4.69, 9.17) is 16.7 Å². The van der Waals surface area contributed by atoms with Crippen molar-refractivity contribution >= 4 is 27.5 Å². The maximum Gasteiger partial charge on any atom is 0.164 e. The van der Waals surface area contributed by atoms with E-state index < -0.39 is 0 Å². The highest BCUT2D eigenvalue weighted by atomic mass is 79.9. The van der Waals surface area contributed by atoms with Gasteiger partial charge in [-0.2, -0.15) is 0 Å². The minimum Gasteiger partial charge on any atom is -0.388 e. The van der Waals surface area contributed by atoms with E-state index in [1.54, 1.807) is 16.7 Å². The molecule has 2 rings (SSSR count). The molecule has 0 atom stereocenters. The minimum atomic E-state index is -0.130. The predicted molar refractivity (Wildman–Crippen MR) is 65.1 cm³/mol. The average Bonchev–Trinajstić information content (AvgIpc) is 2.60. The Morgan fingerprint density at radius 2 is 2.19 bits per heavy atom. The van der Waals surface area contributed by atoms with Crippen LogP contribution >= 0.6 is 27.5 Å². The van der Waals surface area contributed by atoms with Crippen molar-refractivity contribution in [1.82, 2.24) is 14.8 Å². The summed E-state index contributed by atoms with van der Waals surface area (Å²) in [6.07, 6.45) is 0. The summed E-state index contributed by atoms with van der Waals surface area (Å²) in [5, 5.41) is 17.6. The lowest BCUT2D eigenvalue weighted by Gasteiger charge is -2.05. The van der Waals surface area contributed by atoms with Gasteiger partial charge in [0.25, 0.3) is 0 Å². The molecule has 0 fully saturated rings. The molecule has 2 aromatic rings. The second-order valence-corrected chi connectivity index (χ2v) is 4.57. The number of aliphatic hydroxyl groups is 1. The molecule has 1 aromatic carbocycles. The zero-order valence-corrected chi connectivity index (χ0v) is 10.8. The van der Waals surface area contributed by atoms with Gasteiger partial charge < -0.3 is 9.67 Å². The first-order valence-corrected chi connectivity index (χ1v) is 5.75. The molecule has 1 N–H and O–H groups in total. The van der Waals surface area contributed by atoms with E-state index in [-0.39, 0.29) is 6.61 Å². The summed E-state index contributed by atoms with van der Waals surface area (Å²) in [4.78, 5) is 0. The molecule has 0 saturated heterocycles. The van der Waals surface area contributed by atoms with Gasteiger partial charge in [0.1, 0.15) is 6.61 Å². The first-order chi connectivity index (χ1) is 7.63. The molecule has 6 heteroatoms. The molecule has 0 aliphatic heterocycles. The van der Waals surface area contributed by atoms with Gasteiger partial charge in [-0.05, 0) is 34.1 Å². The zero-order chi connectivity index (χ0) is 11.7. The lowest BCUT2D eigenvalue weighted by Crippen LogP contribution is -1.99. The summed E-state index contributed by atoms with van der Waals surface area (Å²) < 4.78 is 2.59. The van der Waals surface area contributed by atoms with Gasteiger partial charge in [-0.3, -0.25) is 0 Å². The van der Waals surface area contributed by atoms with Crippen LogP contribution in [0.2, 0.25) is 5.02 Å². The SMILES string of the molecule is Cn1c(CO)nnc1-c1ccc(Cl)cc1Br. The number of halogens is 2. The second kappa shape index (κ2) is 4.53. The average molecular weight is 303 g/mol. The molecule has 0 spiro atoms. The van der Waals surface area contributed by atoms with Gasteiger partial charge in [-0.15, -0.1) is 10.2 Å². The Kier molecular flexibility index (Phi) is 3.28. The third kappa shape index (κ3) is 1.98. The van der Waals surface area contributed by atoms with Crippen LogP contribution in [-0.2, 0) is 13.7 Å². The van der Waals surface area contributed by atoms with Crippen molar-refractivity contribution in [2.45, 2.75) is 6.61 Å². The fourth-order valence-electron chi connectivity index (χ4n) is 1.40. The molecule has 84 valence electrons.